The summed E-state index contributed by atoms with van der Waals surface area (Å²) < 4.78 is 35.1. The largest absolute Gasteiger partial charge is 0.461 e. The minimum atomic E-state index is -1.11. The molecule has 0 N–H and O–H groups in total. The number of fused-ring (bicyclic) bond motifs is 1. The summed E-state index contributed by atoms with van der Waals surface area (Å²) >= 11 is 0. The van der Waals surface area contributed by atoms with Crippen LogP contribution in [0.4, 0.5) is 0 Å². The van der Waals surface area contributed by atoms with Gasteiger partial charge in [-0.15, -0.1) is 0 Å². The Hall–Kier alpha value is -3.27. The van der Waals surface area contributed by atoms with E-state index in [9.17, 15) is 14.4 Å². The van der Waals surface area contributed by atoms with Crippen LogP contribution in [0.3, 0.4) is 0 Å². The number of hydrogen-bond acceptors (Lipinski definition) is 9. The number of rotatable bonds is 6. The summed E-state index contributed by atoms with van der Waals surface area (Å²) in [5, 5.41) is 0. The first kappa shape index (κ1) is 23.9. The summed E-state index contributed by atoms with van der Waals surface area (Å²) in [6.07, 6.45) is -5.36. The van der Waals surface area contributed by atoms with Crippen molar-refractivity contribution in [2.45, 2.75) is 57.8 Å². The third-order valence-electron chi connectivity index (χ3n) is 5.47. The molecule has 2 aliphatic rings. The van der Waals surface area contributed by atoms with Crippen LogP contribution in [0.1, 0.15) is 43.0 Å². The number of Topliss-reactive ketones (excluding diaryl/α,β-unsaturated/α-hetero) is 1. The maximum Gasteiger partial charge on any atom is 0.303 e. The lowest BCUT2D eigenvalue weighted by Gasteiger charge is -2.47. The second-order valence-corrected chi connectivity index (χ2v) is 8.07. The first-order valence-electron chi connectivity index (χ1n) is 10.9. The van der Waals surface area contributed by atoms with Crippen LogP contribution in [0.2, 0.25) is 0 Å². The third kappa shape index (κ3) is 5.44. The molecule has 2 saturated heterocycles. The normalized spacial score (nSPS) is 28.3. The van der Waals surface area contributed by atoms with Crippen molar-refractivity contribution in [3.63, 3.8) is 0 Å². The second-order valence-electron chi connectivity index (χ2n) is 8.07. The molecule has 2 aromatic rings. The van der Waals surface area contributed by atoms with Gasteiger partial charge in [-0.1, -0.05) is 30.3 Å². The van der Waals surface area contributed by atoms with Crippen LogP contribution < -0.4 is 4.74 Å². The van der Waals surface area contributed by atoms with E-state index in [2.05, 4.69) is 0 Å². The Bertz CT molecular complexity index is 1020. The van der Waals surface area contributed by atoms with Gasteiger partial charge >= 0.3 is 11.9 Å². The zero-order chi connectivity index (χ0) is 24.2. The van der Waals surface area contributed by atoms with Gasteiger partial charge in [0, 0.05) is 25.0 Å². The molecule has 2 fully saturated rings. The third-order valence-corrected chi connectivity index (χ3v) is 5.47. The number of ketones is 1. The standard InChI is InChI=1S/C25H26O9/c1-14(26)17-9-11-19(12-10-17)32-25-23(31-16(3)28)22(30-15(2)27)21-20(33-25)13-29-24(34-21)18-7-5-4-6-8-18/h4-12,20-25H,13H2,1-3H3. The number of carbonyl (C=O) groups excluding carboxylic acids is 3. The van der Waals surface area contributed by atoms with Crippen LogP contribution in [0.15, 0.2) is 54.6 Å². The molecule has 2 heterocycles. The molecule has 6 atom stereocenters. The van der Waals surface area contributed by atoms with Crippen molar-refractivity contribution in [2.24, 2.45) is 0 Å². The van der Waals surface area contributed by atoms with E-state index >= 15 is 0 Å². The summed E-state index contributed by atoms with van der Waals surface area (Å²) in [6, 6.07) is 15.8. The molecule has 180 valence electrons. The Morgan fingerprint density at radius 1 is 0.824 bits per heavy atom. The molecule has 0 bridgehead atoms. The number of carbonyl (C=O) groups is 3. The lowest BCUT2D eigenvalue weighted by atomic mass is 9.97. The van der Waals surface area contributed by atoms with Crippen molar-refractivity contribution >= 4 is 17.7 Å². The average molecular weight is 470 g/mol. The topological polar surface area (TPSA) is 107 Å². The molecule has 9 heteroatoms. The van der Waals surface area contributed by atoms with Gasteiger partial charge in [-0.3, -0.25) is 14.4 Å². The van der Waals surface area contributed by atoms with Crippen molar-refractivity contribution in [3.05, 3.63) is 65.7 Å². The summed E-state index contributed by atoms with van der Waals surface area (Å²) in [5.74, 6) is -0.873. The van der Waals surface area contributed by atoms with E-state index in [1.54, 1.807) is 24.3 Å². The Labute approximate surface area is 196 Å². The SMILES string of the molecule is CC(=O)OC1C(Oc2ccc(C(C)=O)cc2)OC2COC(c3ccccc3)OC2C1OC(C)=O. The molecular formula is C25H26O9. The van der Waals surface area contributed by atoms with Crippen molar-refractivity contribution in [1.29, 1.82) is 0 Å². The van der Waals surface area contributed by atoms with E-state index in [-0.39, 0.29) is 12.4 Å². The molecule has 6 unspecified atom stereocenters. The van der Waals surface area contributed by atoms with Gasteiger partial charge in [-0.2, -0.15) is 0 Å². The summed E-state index contributed by atoms with van der Waals surface area (Å²) in [4.78, 5) is 35.5. The van der Waals surface area contributed by atoms with Crippen molar-refractivity contribution in [2.75, 3.05) is 6.61 Å². The maximum atomic E-state index is 12.0. The molecule has 0 aromatic heterocycles. The van der Waals surface area contributed by atoms with Crippen molar-refractivity contribution in [3.8, 4) is 5.75 Å². The minimum absolute atomic E-state index is 0.0829. The fourth-order valence-electron chi connectivity index (χ4n) is 3.97. The molecule has 2 aromatic carbocycles. The molecule has 0 amide bonds. The van der Waals surface area contributed by atoms with Gasteiger partial charge in [0.15, 0.2) is 18.2 Å². The Morgan fingerprint density at radius 2 is 1.47 bits per heavy atom. The highest BCUT2D eigenvalue weighted by Crippen LogP contribution is 2.37. The minimum Gasteiger partial charge on any atom is -0.461 e. The molecule has 4 rings (SSSR count). The van der Waals surface area contributed by atoms with Crippen LogP contribution >= 0.6 is 0 Å². The monoisotopic (exact) mass is 470 g/mol. The maximum absolute atomic E-state index is 12.0. The molecular weight excluding hydrogens is 444 g/mol. The lowest BCUT2D eigenvalue weighted by molar-refractivity contribution is -0.351. The summed E-state index contributed by atoms with van der Waals surface area (Å²) in [7, 11) is 0. The van der Waals surface area contributed by atoms with Crippen LogP contribution in [0.5, 0.6) is 5.75 Å². The van der Waals surface area contributed by atoms with E-state index in [0.717, 1.165) is 5.56 Å². The fourth-order valence-corrected chi connectivity index (χ4v) is 3.97. The van der Waals surface area contributed by atoms with Gasteiger partial charge in [-0.05, 0) is 31.2 Å². The van der Waals surface area contributed by atoms with Gasteiger partial charge in [-0.25, -0.2) is 0 Å². The molecule has 0 saturated carbocycles. The van der Waals surface area contributed by atoms with Gasteiger partial charge in [0.2, 0.25) is 12.4 Å². The van der Waals surface area contributed by atoms with Crippen LogP contribution in [-0.2, 0) is 33.3 Å². The number of hydrogen-bond donors (Lipinski definition) is 0. The van der Waals surface area contributed by atoms with Crippen LogP contribution in [0.25, 0.3) is 0 Å². The van der Waals surface area contributed by atoms with Gasteiger partial charge in [0.05, 0.1) is 6.61 Å². The summed E-state index contributed by atoms with van der Waals surface area (Å²) in [6.45, 7) is 4.11. The molecule has 2 aliphatic heterocycles. The Balaban J connectivity index is 1.60. The average Bonchev–Trinajstić information content (AvgIpc) is 2.81. The fraction of sp³-hybridized carbons (Fsp3) is 0.400. The number of esters is 2. The number of benzene rings is 2. The summed E-state index contributed by atoms with van der Waals surface area (Å²) in [5.41, 5.74) is 1.31. The van der Waals surface area contributed by atoms with E-state index in [1.807, 2.05) is 30.3 Å². The lowest BCUT2D eigenvalue weighted by Crippen LogP contribution is -2.64. The molecule has 34 heavy (non-hydrogen) atoms. The zero-order valence-corrected chi connectivity index (χ0v) is 19.0. The number of ether oxygens (including phenoxy) is 6. The molecule has 9 nitrogen and oxygen atoms in total. The first-order chi connectivity index (χ1) is 16.3. The Kier molecular flexibility index (Phi) is 7.26. The van der Waals surface area contributed by atoms with E-state index < -0.39 is 48.9 Å². The van der Waals surface area contributed by atoms with Gasteiger partial charge < -0.3 is 28.4 Å². The quantitative estimate of drug-likeness (QED) is 0.465. The van der Waals surface area contributed by atoms with Crippen molar-refractivity contribution < 1.29 is 42.8 Å². The first-order valence-corrected chi connectivity index (χ1v) is 10.9. The second kappa shape index (κ2) is 10.3. The highest BCUT2D eigenvalue weighted by atomic mass is 16.8. The van der Waals surface area contributed by atoms with Gasteiger partial charge in [0.1, 0.15) is 18.0 Å². The molecule has 0 spiro atoms. The predicted octanol–water partition coefficient (Wildman–Crippen LogP) is 2.97. The highest BCUT2D eigenvalue weighted by Gasteiger charge is 2.54. The van der Waals surface area contributed by atoms with Gasteiger partial charge in [0.25, 0.3) is 0 Å². The van der Waals surface area contributed by atoms with E-state index in [1.165, 1.54) is 20.8 Å². The predicted molar refractivity (Wildman–Crippen MR) is 117 cm³/mol. The van der Waals surface area contributed by atoms with E-state index in [0.29, 0.717) is 11.3 Å². The smallest absolute Gasteiger partial charge is 0.303 e. The van der Waals surface area contributed by atoms with Crippen LogP contribution in [0, 0.1) is 0 Å². The highest BCUT2D eigenvalue weighted by molar-refractivity contribution is 5.94. The Morgan fingerprint density at radius 3 is 2.09 bits per heavy atom. The van der Waals surface area contributed by atoms with E-state index in [4.69, 9.17) is 28.4 Å². The molecule has 0 aliphatic carbocycles. The zero-order valence-electron chi connectivity index (χ0n) is 19.0. The van der Waals surface area contributed by atoms with Crippen molar-refractivity contribution in [1.82, 2.24) is 0 Å². The van der Waals surface area contributed by atoms with Crippen LogP contribution in [-0.4, -0.2) is 55.0 Å². The molecule has 0 radical (unpaired) electrons.